The second-order valence-electron chi connectivity index (χ2n) is 6.44. The molecule has 0 aliphatic rings. The molecule has 0 spiro atoms. The summed E-state index contributed by atoms with van der Waals surface area (Å²) in [4.78, 5) is 12.3. The van der Waals surface area contributed by atoms with Gasteiger partial charge in [-0.3, -0.25) is 4.79 Å². The first kappa shape index (κ1) is 20.0. The number of carbonyl (C=O) groups is 1. The number of amides is 1. The van der Waals surface area contributed by atoms with E-state index in [-0.39, 0.29) is 23.7 Å². The van der Waals surface area contributed by atoms with Crippen LogP contribution in [0.1, 0.15) is 36.7 Å². The van der Waals surface area contributed by atoms with Crippen LogP contribution in [0.4, 0.5) is 5.69 Å². The van der Waals surface area contributed by atoms with Crippen LogP contribution >= 0.6 is 12.4 Å². The normalized spacial score (nSPS) is 10.7. The van der Waals surface area contributed by atoms with Gasteiger partial charge in [0, 0.05) is 17.8 Å². The van der Waals surface area contributed by atoms with Crippen LogP contribution in [0.15, 0.2) is 48.5 Å². The molecule has 2 rings (SSSR count). The number of halogens is 1. The molecule has 0 aromatic heterocycles. The Bertz CT molecular complexity index is 647. The third kappa shape index (κ3) is 5.55. The number of ether oxygens (including phenoxy) is 1. The summed E-state index contributed by atoms with van der Waals surface area (Å²) in [5.41, 5.74) is 8.05. The lowest BCUT2D eigenvalue weighted by atomic mass is 9.87. The van der Waals surface area contributed by atoms with Gasteiger partial charge in [-0.25, -0.2) is 0 Å². The minimum atomic E-state index is -0.124. The van der Waals surface area contributed by atoms with Crippen molar-refractivity contribution < 1.29 is 9.53 Å². The molecule has 0 heterocycles. The summed E-state index contributed by atoms with van der Waals surface area (Å²) in [6, 6.07) is 15.0. The number of hydrogen-bond acceptors (Lipinski definition) is 3. The predicted molar refractivity (Wildman–Crippen MR) is 101 cm³/mol. The van der Waals surface area contributed by atoms with E-state index in [1.807, 2.05) is 48.5 Å². The van der Waals surface area contributed by atoms with E-state index in [2.05, 4.69) is 26.1 Å². The number of carbonyl (C=O) groups excluding carboxylic acids is 1. The molecule has 0 saturated carbocycles. The Morgan fingerprint density at radius 2 is 1.62 bits per heavy atom. The maximum atomic E-state index is 12.3. The fraction of sp³-hybridized carbons (Fsp3) is 0.316. The zero-order valence-corrected chi connectivity index (χ0v) is 15.2. The average molecular weight is 349 g/mol. The van der Waals surface area contributed by atoms with Gasteiger partial charge in [0.25, 0.3) is 5.91 Å². The van der Waals surface area contributed by atoms with Gasteiger partial charge in [0.15, 0.2) is 0 Å². The van der Waals surface area contributed by atoms with Crippen molar-refractivity contribution in [3.8, 4) is 5.75 Å². The topological polar surface area (TPSA) is 64.3 Å². The van der Waals surface area contributed by atoms with Gasteiger partial charge >= 0.3 is 0 Å². The summed E-state index contributed by atoms with van der Waals surface area (Å²) in [6.07, 6.45) is 0. The molecule has 4 nitrogen and oxygen atoms in total. The van der Waals surface area contributed by atoms with E-state index in [1.165, 1.54) is 5.56 Å². The SMILES string of the molecule is CC(C)(C)c1ccc(C(=O)Nc2ccc(OCCN)cc2)cc1.Cl. The number of rotatable bonds is 5. The van der Waals surface area contributed by atoms with Crippen molar-refractivity contribution in [1.29, 1.82) is 0 Å². The maximum absolute atomic E-state index is 12.3. The first-order valence-corrected chi connectivity index (χ1v) is 7.75. The summed E-state index contributed by atoms with van der Waals surface area (Å²) in [6.45, 7) is 7.40. The molecule has 24 heavy (non-hydrogen) atoms. The average Bonchev–Trinajstić information content (AvgIpc) is 2.53. The fourth-order valence-corrected chi connectivity index (χ4v) is 2.14. The molecule has 3 N–H and O–H groups in total. The van der Waals surface area contributed by atoms with E-state index in [4.69, 9.17) is 10.5 Å². The minimum absolute atomic E-state index is 0. The molecule has 2 aromatic rings. The zero-order chi connectivity index (χ0) is 16.9. The van der Waals surface area contributed by atoms with Crippen molar-refractivity contribution in [2.24, 2.45) is 5.73 Å². The number of anilines is 1. The van der Waals surface area contributed by atoms with Crippen LogP contribution in [0.3, 0.4) is 0 Å². The van der Waals surface area contributed by atoms with Crippen LogP contribution in [0.25, 0.3) is 0 Å². The number of hydrogen-bond donors (Lipinski definition) is 2. The van der Waals surface area contributed by atoms with Crippen LogP contribution in [0, 0.1) is 0 Å². The van der Waals surface area contributed by atoms with Gasteiger partial charge in [0.2, 0.25) is 0 Å². The van der Waals surface area contributed by atoms with Crippen molar-refractivity contribution in [1.82, 2.24) is 0 Å². The van der Waals surface area contributed by atoms with Gasteiger partial charge < -0.3 is 15.8 Å². The molecule has 1 amide bonds. The van der Waals surface area contributed by atoms with Crippen LogP contribution in [0.5, 0.6) is 5.75 Å². The molecular formula is C19H25ClN2O2. The molecule has 0 unspecified atom stereocenters. The van der Waals surface area contributed by atoms with Gasteiger partial charge in [0.1, 0.15) is 12.4 Å². The minimum Gasteiger partial charge on any atom is -0.492 e. The summed E-state index contributed by atoms with van der Waals surface area (Å²) >= 11 is 0. The smallest absolute Gasteiger partial charge is 0.255 e. The van der Waals surface area contributed by atoms with Gasteiger partial charge in [-0.15, -0.1) is 12.4 Å². The van der Waals surface area contributed by atoms with Gasteiger partial charge in [0.05, 0.1) is 0 Å². The molecule has 0 radical (unpaired) electrons. The van der Waals surface area contributed by atoms with Gasteiger partial charge in [-0.05, 0) is 47.4 Å². The molecule has 0 aliphatic heterocycles. The van der Waals surface area contributed by atoms with Gasteiger partial charge in [-0.1, -0.05) is 32.9 Å². The number of nitrogens with two attached hydrogens (primary N) is 1. The quantitative estimate of drug-likeness (QED) is 0.858. The Morgan fingerprint density at radius 1 is 1.04 bits per heavy atom. The van der Waals surface area contributed by atoms with E-state index < -0.39 is 0 Å². The highest BCUT2D eigenvalue weighted by molar-refractivity contribution is 6.04. The van der Waals surface area contributed by atoms with Crippen LogP contribution in [-0.2, 0) is 5.41 Å². The monoisotopic (exact) mass is 348 g/mol. The summed E-state index contributed by atoms with van der Waals surface area (Å²) in [5.74, 6) is 0.615. The third-order valence-electron chi connectivity index (χ3n) is 3.51. The fourth-order valence-electron chi connectivity index (χ4n) is 2.14. The van der Waals surface area contributed by atoms with Crippen molar-refractivity contribution in [2.45, 2.75) is 26.2 Å². The largest absolute Gasteiger partial charge is 0.492 e. The predicted octanol–water partition coefficient (Wildman–Crippen LogP) is 4.00. The lowest BCUT2D eigenvalue weighted by Crippen LogP contribution is -2.14. The van der Waals surface area contributed by atoms with Crippen LogP contribution in [0.2, 0.25) is 0 Å². The first-order chi connectivity index (χ1) is 10.9. The van der Waals surface area contributed by atoms with Crippen molar-refractivity contribution in [3.05, 3.63) is 59.7 Å². The number of benzene rings is 2. The Morgan fingerprint density at radius 3 is 2.12 bits per heavy atom. The first-order valence-electron chi connectivity index (χ1n) is 7.75. The van der Waals surface area contributed by atoms with Crippen molar-refractivity contribution in [2.75, 3.05) is 18.5 Å². The van der Waals surface area contributed by atoms with E-state index >= 15 is 0 Å². The lowest BCUT2D eigenvalue weighted by molar-refractivity contribution is 0.102. The molecule has 0 bridgehead atoms. The molecule has 0 aliphatic carbocycles. The molecule has 2 aromatic carbocycles. The van der Waals surface area contributed by atoms with Crippen molar-refractivity contribution in [3.63, 3.8) is 0 Å². The van der Waals surface area contributed by atoms with Crippen molar-refractivity contribution >= 4 is 24.0 Å². The molecular weight excluding hydrogens is 324 g/mol. The highest BCUT2D eigenvalue weighted by Crippen LogP contribution is 2.22. The zero-order valence-electron chi connectivity index (χ0n) is 14.3. The second-order valence-corrected chi connectivity index (χ2v) is 6.44. The number of nitrogens with one attached hydrogen (secondary N) is 1. The molecule has 0 atom stereocenters. The van der Waals surface area contributed by atoms with Crippen LogP contribution in [-0.4, -0.2) is 19.1 Å². The summed E-state index contributed by atoms with van der Waals surface area (Å²) in [5, 5.41) is 2.88. The highest BCUT2D eigenvalue weighted by atomic mass is 35.5. The maximum Gasteiger partial charge on any atom is 0.255 e. The Labute approximate surface area is 149 Å². The summed E-state index contributed by atoms with van der Waals surface area (Å²) in [7, 11) is 0. The Hall–Kier alpha value is -2.04. The molecule has 5 heteroatoms. The molecule has 0 fully saturated rings. The van der Waals surface area contributed by atoms with E-state index in [1.54, 1.807) is 0 Å². The second kappa shape index (κ2) is 8.71. The molecule has 130 valence electrons. The highest BCUT2D eigenvalue weighted by Gasteiger charge is 2.14. The standard InChI is InChI=1S/C19H24N2O2.ClH/c1-19(2,3)15-6-4-14(5-7-15)18(22)21-16-8-10-17(11-9-16)23-13-12-20;/h4-11H,12-13,20H2,1-3H3,(H,21,22);1H. The third-order valence-corrected chi connectivity index (χ3v) is 3.51. The summed E-state index contributed by atoms with van der Waals surface area (Å²) < 4.78 is 5.41. The van der Waals surface area contributed by atoms with Gasteiger partial charge in [-0.2, -0.15) is 0 Å². The van der Waals surface area contributed by atoms with E-state index in [0.717, 1.165) is 11.4 Å². The van der Waals surface area contributed by atoms with E-state index in [0.29, 0.717) is 18.7 Å². The molecule has 0 saturated heterocycles. The Kier molecular flexibility index (Phi) is 7.26. The Balaban J connectivity index is 0.00000288. The lowest BCUT2D eigenvalue weighted by Gasteiger charge is -2.19. The van der Waals surface area contributed by atoms with E-state index in [9.17, 15) is 4.79 Å². The van der Waals surface area contributed by atoms with Crippen LogP contribution < -0.4 is 15.8 Å².